The van der Waals surface area contributed by atoms with E-state index in [9.17, 15) is 10.2 Å². The number of thiophene rings is 1. The highest BCUT2D eigenvalue weighted by molar-refractivity contribution is 7.17. The van der Waals surface area contributed by atoms with Gasteiger partial charge in [0.1, 0.15) is 12.2 Å². The lowest BCUT2D eigenvalue weighted by Crippen LogP contribution is -2.22. The second kappa shape index (κ2) is 4.28. The van der Waals surface area contributed by atoms with Gasteiger partial charge in [-0.15, -0.1) is 11.3 Å². The Hall–Kier alpha value is -0.940. The molecule has 0 saturated heterocycles. The van der Waals surface area contributed by atoms with E-state index < -0.39 is 18.8 Å². The molecule has 1 heterocycles. The number of aliphatic hydroxyl groups is 3. The van der Waals surface area contributed by atoms with Crippen molar-refractivity contribution in [2.75, 3.05) is 6.61 Å². The Balaban J connectivity index is 2.46. The number of rotatable bonds is 3. The SMILES string of the molecule is OCC(O)C(O)c1cccc2sccc12. The van der Waals surface area contributed by atoms with Crippen molar-refractivity contribution in [2.24, 2.45) is 0 Å². The number of aliphatic hydroxyl groups excluding tert-OH is 3. The minimum Gasteiger partial charge on any atom is -0.394 e. The highest BCUT2D eigenvalue weighted by Crippen LogP contribution is 2.29. The fourth-order valence-electron chi connectivity index (χ4n) is 1.58. The van der Waals surface area contributed by atoms with Crippen LogP contribution >= 0.6 is 11.3 Å². The van der Waals surface area contributed by atoms with Gasteiger partial charge in [0.2, 0.25) is 0 Å². The van der Waals surface area contributed by atoms with E-state index in [2.05, 4.69) is 0 Å². The van der Waals surface area contributed by atoms with E-state index >= 15 is 0 Å². The van der Waals surface area contributed by atoms with Crippen LogP contribution in [-0.4, -0.2) is 28.0 Å². The number of hydrogen-bond donors (Lipinski definition) is 3. The van der Waals surface area contributed by atoms with Gasteiger partial charge in [-0.05, 0) is 28.5 Å². The third-order valence-corrected chi connectivity index (χ3v) is 3.28. The van der Waals surface area contributed by atoms with E-state index in [1.165, 1.54) is 0 Å². The molecule has 0 aliphatic carbocycles. The summed E-state index contributed by atoms with van der Waals surface area (Å²) in [5.41, 5.74) is 0.662. The monoisotopic (exact) mass is 224 g/mol. The molecule has 2 rings (SSSR count). The normalized spacial score (nSPS) is 15.4. The summed E-state index contributed by atoms with van der Waals surface area (Å²) in [7, 11) is 0. The second-order valence-corrected chi connectivity index (χ2v) is 4.32. The van der Waals surface area contributed by atoms with E-state index in [0.29, 0.717) is 5.56 Å². The van der Waals surface area contributed by atoms with Crippen LogP contribution in [0.15, 0.2) is 29.6 Å². The van der Waals surface area contributed by atoms with Crippen molar-refractivity contribution in [3.8, 4) is 0 Å². The summed E-state index contributed by atoms with van der Waals surface area (Å²) in [5, 5.41) is 30.8. The smallest absolute Gasteiger partial charge is 0.108 e. The summed E-state index contributed by atoms with van der Waals surface area (Å²) in [6.45, 7) is -0.443. The summed E-state index contributed by atoms with van der Waals surface area (Å²) in [6, 6.07) is 7.46. The van der Waals surface area contributed by atoms with Crippen molar-refractivity contribution in [3.05, 3.63) is 35.2 Å². The highest BCUT2D eigenvalue weighted by Gasteiger charge is 2.19. The van der Waals surface area contributed by atoms with Crippen LogP contribution in [0.2, 0.25) is 0 Å². The van der Waals surface area contributed by atoms with Crippen molar-refractivity contribution in [2.45, 2.75) is 12.2 Å². The van der Waals surface area contributed by atoms with E-state index in [4.69, 9.17) is 5.11 Å². The molecule has 2 atom stereocenters. The van der Waals surface area contributed by atoms with Gasteiger partial charge in [0.15, 0.2) is 0 Å². The zero-order valence-electron chi connectivity index (χ0n) is 8.00. The molecule has 80 valence electrons. The van der Waals surface area contributed by atoms with Gasteiger partial charge >= 0.3 is 0 Å². The number of benzene rings is 1. The maximum Gasteiger partial charge on any atom is 0.108 e. The largest absolute Gasteiger partial charge is 0.394 e. The number of fused-ring (bicyclic) bond motifs is 1. The molecule has 0 radical (unpaired) electrons. The zero-order chi connectivity index (χ0) is 10.8. The van der Waals surface area contributed by atoms with E-state index in [-0.39, 0.29) is 0 Å². The molecule has 0 amide bonds. The Morgan fingerprint density at radius 2 is 2.00 bits per heavy atom. The van der Waals surface area contributed by atoms with E-state index in [1.807, 2.05) is 23.6 Å². The van der Waals surface area contributed by atoms with Crippen LogP contribution in [0.3, 0.4) is 0 Å². The fourth-order valence-corrected chi connectivity index (χ4v) is 2.40. The van der Waals surface area contributed by atoms with Crippen LogP contribution in [0.25, 0.3) is 10.1 Å². The van der Waals surface area contributed by atoms with Crippen LogP contribution in [0, 0.1) is 0 Å². The Bertz CT molecular complexity index is 452. The maximum atomic E-state index is 9.80. The molecule has 0 spiro atoms. The molecule has 1 aromatic heterocycles. The van der Waals surface area contributed by atoms with Crippen molar-refractivity contribution in [1.82, 2.24) is 0 Å². The van der Waals surface area contributed by atoms with Gasteiger partial charge in [0, 0.05) is 4.70 Å². The van der Waals surface area contributed by atoms with Gasteiger partial charge in [0.05, 0.1) is 6.61 Å². The third-order valence-electron chi connectivity index (χ3n) is 2.40. The summed E-state index contributed by atoms with van der Waals surface area (Å²) < 4.78 is 1.07. The Morgan fingerprint density at radius 1 is 1.20 bits per heavy atom. The Morgan fingerprint density at radius 3 is 2.73 bits per heavy atom. The fraction of sp³-hybridized carbons (Fsp3) is 0.273. The van der Waals surface area contributed by atoms with Crippen LogP contribution in [0.1, 0.15) is 11.7 Å². The second-order valence-electron chi connectivity index (χ2n) is 3.37. The van der Waals surface area contributed by atoms with Crippen LogP contribution in [-0.2, 0) is 0 Å². The highest BCUT2D eigenvalue weighted by atomic mass is 32.1. The molecule has 0 aliphatic rings. The number of hydrogen-bond acceptors (Lipinski definition) is 4. The molecule has 0 fully saturated rings. The topological polar surface area (TPSA) is 60.7 Å². The minimum atomic E-state index is -1.13. The van der Waals surface area contributed by atoms with Crippen LogP contribution in [0.4, 0.5) is 0 Å². The first-order chi connectivity index (χ1) is 7.24. The summed E-state index contributed by atoms with van der Waals surface area (Å²) in [6.07, 6.45) is -2.16. The molecule has 4 heteroatoms. The lowest BCUT2D eigenvalue weighted by atomic mass is 10.0. The average Bonchev–Trinajstić information content (AvgIpc) is 2.74. The maximum absolute atomic E-state index is 9.80. The first kappa shape index (κ1) is 10.6. The molecule has 1 aromatic carbocycles. The van der Waals surface area contributed by atoms with Gasteiger partial charge in [-0.2, -0.15) is 0 Å². The summed E-state index contributed by atoms with van der Waals surface area (Å²) >= 11 is 1.58. The molecule has 0 saturated carbocycles. The summed E-state index contributed by atoms with van der Waals surface area (Å²) in [4.78, 5) is 0. The Kier molecular flexibility index (Phi) is 3.02. The van der Waals surface area contributed by atoms with Crippen molar-refractivity contribution >= 4 is 21.4 Å². The van der Waals surface area contributed by atoms with Crippen LogP contribution in [0.5, 0.6) is 0 Å². The lowest BCUT2D eigenvalue weighted by molar-refractivity contribution is -0.0145. The first-order valence-electron chi connectivity index (χ1n) is 4.67. The zero-order valence-corrected chi connectivity index (χ0v) is 8.81. The van der Waals surface area contributed by atoms with Crippen molar-refractivity contribution < 1.29 is 15.3 Å². The van der Waals surface area contributed by atoms with Crippen LogP contribution < -0.4 is 0 Å². The van der Waals surface area contributed by atoms with Gasteiger partial charge < -0.3 is 15.3 Å². The third kappa shape index (κ3) is 1.89. The Labute approximate surface area is 91.2 Å². The van der Waals surface area contributed by atoms with Gasteiger partial charge in [-0.25, -0.2) is 0 Å². The van der Waals surface area contributed by atoms with Crippen molar-refractivity contribution in [3.63, 3.8) is 0 Å². The lowest BCUT2D eigenvalue weighted by Gasteiger charge is -2.16. The predicted octanol–water partition coefficient (Wildman–Crippen LogP) is 1.29. The molecule has 0 bridgehead atoms. The molecule has 3 nitrogen and oxygen atoms in total. The minimum absolute atomic E-state index is 0.443. The van der Waals surface area contributed by atoms with Gasteiger partial charge in [0.25, 0.3) is 0 Å². The summed E-state index contributed by atoms with van der Waals surface area (Å²) in [5.74, 6) is 0. The molecule has 2 unspecified atom stereocenters. The van der Waals surface area contributed by atoms with Gasteiger partial charge in [-0.3, -0.25) is 0 Å². The quantitative estimate of drug-likeness (QED) is 0.736. The van der Waals surface area contributed by atoms with E-state index in [0.717, 1.165) is 10.1 Å². The predicted molar refractivity (Wildman–Crippen MR) is 59.9 cm³/mol. The van der Waals surface area contributed by atoms with E-state index in [1.54, 1.807) is 17.4 Å². The molecule has 3 N–H and O–H groups in total. The molecule has 2 aromatic rings. The molecular formula is C11H12O3S. The standard InChI is InChI=1S/C11H12O3S/c12-6-9(13)11(14)8-2-1-3-10-7(8)4-5-15-10/h1-5,9,11-14H,6H2. The molecular weight excluding hydrogens is 212 g/mol. The first-order valence-corrected chi connectivity index (χ1v) is 5.55. The average molecular weight is 224 g/mol. The van der Waals surface area contributed by atoms with Crippen molar-refractivity contribution in [1.29, 1.82) is 0 Å². The molecule has 0 aliphatic heterocycles. The van der Waals surface area contributed by atoms with Gasteiger partial charge in [-0.1, -0.05) is 12.1 Å². The molecule has 15 heavy (non-hydrogen) atoms.